The van der Waals surface area contributed by atoms with Gasteiger partial charge in [-0.15, -0.1) is 0 Å². The van der Waals surface area contributed by atoms with Gasteiger partial charge in [0.25, 0.3) is 0 Å². The third kappa shape index (κ3) is 2.14. The molecule has 2 heteroatoms. The number of aldehydes is 1. The molecule has 1 fully saturated rings. The van der Waals surface area contributed by atoms with Gasteiger partial charge in [-0.05, 0) is 32.1 Å². The molecule has 0 aliphatic heterocycles. The van der Waals surface area contributed by atoms with Crippen molar-refractivity contribution in [2.24, 2.45) is 11.3 Å². The lowest BCUT2D eigenvalue weighted by molar-refractivity contribution is -0.117. The molecule has 1 nitrogen and oxygen atoms in total. The van der Waals surface area contributed by atoms with Crippen molar-refractivity contribution in [2.45, 2.75) is 39.5 Å². The van der Waals surface area contributed by atoms with Crippen molar-refractivity contribution in [2.75, 3.05) is 0 Å². The smallest absolute Gasteiger partial charge is 0.126 e. The molecule has 74 valence electrons. The molecule has 0 aromatic rings. The number of hydrogen-bond acceptors (Lipinski definition) is 1. The number of carbonyl (C=O) groups is 1. The van der Waals surface area contributed by atoms with Gasteiger partial charge in [-0.25, -0.2) is 0 Å². The molecule has 2 atom stereocenters. The van der Waals surface area contributed by atoms with Crippen molar-refractivity contribution in [3.8, 4) is 0 Å². The Bertz CT molecular complexity index is 222. The molecule has 0 N–H and O–H groups in total. The Hall–Kier alpha value is -0.300. The second kappa shape index (κ2) is 4.28. The van der Waals surface area contributed by atoms with Crippen molar-refractivity contribution < 1.29 is 4.79 Å². The molecule has 0 spiro atoms. The molecule has 0 radical (unpaired) electrons. The Morgan fingerprint density at radius 1 is 1.69 bits per heavy atom. The van der Waals surface area contributed by atoms with Crippen LogP contribution in [0.1, 0.15) is 39.5 Å². The summed E-state index contributed by atoms with van der Waals surface area (Å²) in [5.41, 5.74) is 2.59. The number of allylic oxidation sites excluding steroid dienone is 1. The molecule has 1 aliphatic rings. The van der Waals surface area contributed by atoms with Crippen molar-refractivity contribution in [3.63, 3.8) is 0 Å². The lowest BCUT2D eigenvalue weighted by Crippen LogP contribution is -2.25. The zero-order valence-corrected chi connectivity index (χ0v) is 9.10. The van der Waals surface area contributed by atoms with Gasteiger partial charge in [-0.3, -0.25) is 0 Å². The minimum absolute atomic E-state index is 0.116. The molecule has 0 aromatic carbocycles. The highest BCUT2D eigenvalue weighted by atomic mass is 35.5. The summed E-state index contributed by atoms with van der Waals surface area (Å²) in [7, 11) is 0. The lowest BCUT2D eigenvalue weighted by Gasteiger charge is -2.27. The fourth-order valence-corrected chi connectivity index (χ4v) is 2.39. The van der Waals surface area contributed by atoms with Gasteiger partial charge in [0.15, 0.2) is 0 Å². The van der Waals surface area contributed by atoms with Crippen LogP contribution in [0.3, 0.4) is 0 Å². The van der Waals surface area contributed by atoms with E-state index >= 15 is 0 Å². The van der Waals surface area contributed by atoms with Crippen molar-refractivity contribution >= 4 is 17.9 Å². The van der Waals surface area contributed by atoms with Crippen molar-refractivity contribution in [1.82, 2.24) is 0 Å². The molecular formula is C11H17ClO. The van der Waals surface area contributed by atoms with Crippen LogP contribution < -0.4 is 0 Å². The van der Waals surface area contributed by atoms with E-state index in [4.69, 9.17) is 11.6 Å². The Balaban J connectivity index is 2.75. The number of hydrogen-bond donors (Lipinski definition) is 0. The third-order valence-electron chi connectivity index (χ3n) is 3.29. The summed E-state index contributed by atoms with van der Waals surface area (Å²) in [5, 5.41) is 0. The first-order valence-corrected chi connectivity index (χ1v) is 5.30. The number of halogens is 1. The van der Waals surface area contributed by atoms with Crippen LogP contribution >= 0.6 is 11.6 Å². The van der Waals surface area contributed by atoms with E-state index in [9.17, 15) is 4.79 Å². The first-order chi connectivity index (χ1) is 6.14. The highest BCUT2D eigenvalue weighted by molar-refractivity contribution is 6.25. The topological polar surface area (TPSA) is 17.1 Å². The van der Waals surface area contributed by atoms with Crippen LogP contribution in [0.5, 0.6) is 0 Å². The van der Waals surface area contributed by atoms with E-state index in [-0.39, 0.29) is 5.41 Å². The molecule has 0 heterocycles. The predicted molar refractivity (Wildman–Crippen MR) is 55.7 cm³/mol. The van der Waals surface area contributed by atoms with E-state index in [1.54, 1.807) is 5.54 Å². The van der Waals surface area contributed by atoms with Gasteiger partial charge in [-0.2, -0.15) is 0 Å². The average Bonchev–Trinajstić information content (AvgIpc) is 2.48. The summed E-state index contributed by atoms with van der Waals surface area (Å²) in [6.45, 7) is 4.16. The first-order valence-electron chi connectivity index (χ1n) is 4.87. The van der Waals surface area contributed by atoms with Crippen LogP contribution in [0.25, 0.3) is 0 Å². The van der Waals surface area contributed by atoms with Crippen LogP contribution in [-0.2, 0) is 4.79 Å². The minimum atomic E-state index is -0.116. The van der Waals surface area contributed by atoms with E-state index in [0.717, 1.165) is 24.7 Å². The summed E-state index contributed by atoms with van der Waals surface area (Å²) >= 11 is 5.62. The fourth-order valence-electron chi connectivity index (χ4n) is 2.31. The fraction of sp³-hybridized carbons (Fsp3) is 0.727. The summed E-state index contributed by atoms with van der Waals surface area (Å²) < 4.78 is 0. The quantitative estimate of drug-likeness (QED) is 0.638. The molecule has 1 saturated carbocycles. The van der Waals surface area contributed by atoms with Gasteiger partial charge in [0.05, 0.1) is 0 Å². The molecule has 0 amide bonds. The van der Waals surface area contributed by atoms with Crippen LogP contribution in [0.4, 0.5) is 0 Å². The highest BCUT2D eigenvalue weighted by Crippen LogP contribution is 2.45. The zero-order valence-electron chi connectivity index (χ0n) is 8.35. The van der Waals surface area contributed by atoms with Gasteiger partial charge in [0.2, 0.25) is 0 Å². The molecule has 13 heavy (non-hydrogen) atoms. The molecular weight excluding hydrogens is 184 g/mol. The van der Waals surface area contributed by atoms with E-state index < -0.39 is 0 Å². The second-order valence-electron chi connectivity index (χ2n) is 4.28. The monoisotopic (exact) mass is 200 g/mol. The molecule has 1 rings (SSSR count). The Labute approximate surface area is 85.2 Å². The standard InChI is InChI=1S/C11H17ClO/c1-9(7-12)6-11(8-13)5-3-4-10(11)2/h7-8,10H,3-6H2,1-2H3/b9-7+. The predicted octanol–water partition coefficient (Wildman–Crippen LogP) is 3.52. The van der Waals surface area contributed by atoms with Crippen molar-refractivity contribution in [1.29, 1.82) is 0 Å². The molecule has 2 unspecified atom stereocenters. The first kappa shape index (κ1) is 10.8. The van der Waals surface area contributed by atoms with E-state index in [1.807, 2.05) is 6.92 Å². The second-order valence-corrected chi connectivity index (χ2v) is 4.49. The van der Waals surface area contributed by atoms with E-state index in [1.165, 1.54) is 12.8 Å². The normalized spacial score (nSPS) is 35.0. The summed E-state index contributed by atoms with van der Waals surface area (Å²) in [6, 6.07) is 0. The van der Waals surface area contributed by atoms with Crippen LogP contribution in [0, 0.1) is 11.3 Å². The maximum absolute atomic E-state index is 11.1. The lowest BCUT2D eigenvalue weighted by atomic mass is 9.75. The maximum atomic E-state index is 11.1. The largest absolute Gasteiger partial charge is 0.303 e. The summed E-state index contributed by atoms with van der Waals surface area (Å²) in [5.74, 6) is 0.511. The minimum Gasteiger partial charge on any atom is -0.303 e. The number of rotatable bonds is 3. The van der Waals surface area contributed by atoms with E-state index in [0.29, 0.717) is 5.92 Å². The molecule has 1 aliphatic carbocycles. The summed E-state index contributed by atoms with van der Waals surface area (Å²) in [4.78, 5) is 11.1. The third-order valence-corrected chi connectivity index (χ3v) is 3.66. The van der Waals surface area contributed by atoms with Gasteiger partial charge < -0.3 is 4.79 Å². The highest BCUT2D eigenvalue weighted by Gasteiger charge is 2.39. The Kier molecular flexibility index (Phi) is 3.55. The Morgan fingerprint density at radius 3 is 2.77 bits per heavy atom. The SMILES string of the molecule is C/C(=C\Cl)CC1(C=O)CCCC1C. The van der Waals surface area contributed by atoms with Gasteiger partial charge in [-0.1, -0.05) is 30.5 Å². The maximum Gasteiger partial charge on any atom is 0.126 e. The zero-order chi connectivity index (χ0) is 9.90. The Morgan fingerprint density at radius 2 is 2.38 bits per heavy atom. The molecule has 0 bridgehead atoms. The summed E-state index contributed by atoms with van der Waals surface area (Å²) in [6.07, 6.45) is 5.36. The van der Waals surface area contributed by atoms with Gasteiger partial charge in [0.1, 0.15) is 6.29 Å². The average molecular weight is 201 g/mol. The molecule has 0 aromatic heterocycles. The van der Waals surface area contributed by atoms with Crippen LogP contribution in [-0.4, -0.2) is 6.29 Å². The van der Waals surface area contributed by atoms with Crippen LogP contribution in [0.2, 0.25) is 0 Å². The van der Waals surface area contributed by atoms with E-state index in [2.05, 4.69) is 6.92 Å². The molecule has 0 saturated heterocycles. The van der Waals surface area contributed by atoms with Crippen molar-refractivity contribution in [3.05, 3.63) is 11.1 Å². The van der Waals surface area contributed by atoms with Crippen LogP contribution in [0.15, 0.2) is 11.1 Å². The van der Waals surface area contributed by atoms with Gasteiger partial charge >= 0.3 is 0 Å². The van der Waals surface area contributed by atoms with Gasteiger partial charge in [0, 0.05) is 11.0 Å². The number of carbonyl (C=O) groups excluding carboxylic acids is 1.